The molecule has 1 aliphatic rings. The summed E-state index contributed by atoms with van der Waals surface area (Å²) in [6.45, 7) is 0.364. The summed E-state index contributed by atoms with van der Waals surface area (Å²) in [5.41, 5.74) is 5.68. The van der Waals surface area contributed by atoms with Crippen molar-refractivity contribution in [2.45, 2.75) is 12.8 Å². The van der Waals surface area contributed by atoms with E-state index in [0.717, 1.165) is 12.1 Å². The molecule has 0 saturated carbocycles. The van der Waals surface area contributed by atoms with Crippen LogP contribution in [0.5, 0.6) is 0 Å². The molecule has 0 atom stereocenters. The van der Waals surface area contributed by atoms with Crippen LogP contribution in [0.2, 0.25) is 0 Å². The van der Waals surface area contributed by atoms with Crippen molar-refractivity contribution >= 4 is 29.3 Å². The molecule has 3 N–H and O–H groups in total. The van der Waals surface area contributed by atoms with Gasteiger partial charge in [-0.2, -0.15) is 0 Å². The molecule has 1 saturated heterocycles. The number of anilines is 1. The minimum absolute atomic E-state index is 0.0709. The predicted octanol–water partition coefficient (Wildman–Crippen LogP) is 0.399. The Bertz CT molecular complexity index is 883. The highest BCUT2D eigenvalue weighted by Crippen LogP contribution is 2.21. The molecule has 0 spiro atoms. The minimum atomic E-state index is -0.586. The number of hydrazine groups is 1. The lowest BCUT2D eigenvalue weighted by Crippen LogP contribution is -2.46. The molecule has 1 aromatic heterocycles. The fourth-order valence-corrected chi connectivity index (χ4v) is 2.71. The molecule has 2 heterocycles. The highest BCUT2D eigenvalue weighted by molar-refractivity contribution is 5.99. The Morgan fingerprint density at radius 3 is 2.43 bits per heavy atom. The van der Waals surface area contributed by atoms with Crippen LogP contribution in [-0.2, 0) is 9.59 Å². The number of benzene rings is 1. The number of nitrogens with zero attached hydrogens (tertiary/aromatic N) is 2. The lowest BCUT2D eigenvalue weighted by atomic mass is 10.2. The van der Waals surface area contributed by atoms with Gasteiger partial charge in [-0.3, -0.25) is 35.0 Å². The van der Waals surface area contributed by atoms with Crippen molar-refractivity contribution in [3.8, 4) is 0 Å². The maximum absolute atomic E-state index is 12.1. The Kier molecular flexibility index (Phi) is 5.95. The number of carbonyl (C=O) groups excluding carboxylic acids is 4. The van der Waals surface area contributed by atoms with Gasteiger partial charge in [0.1, 0.15) is 5.69 Å². The van der Waals surface area contributed by atoms with Gasteiger partial charge in [0.25, 0.3) is 17.7 Å². The molecule has 2 aromatic rings. The lowest BCUT2D eigenvalue weighted by Gasteiger charge is -2.15. The largest absolute Gasteiger partial charge is 0.343 e. The molecule has 144 valence electrons. The number of carbonyl (C=O) groups is 4. The summed E-state index contributed by atoms with van der Waals surface area (Å²) in [7, 11) is 0. The number of hydrogen-bond donors (Lipinski definition) is 3. The number of rotatable bonds is 5. The fraction of sp³-hybridized carbons (Fsp3) is 0.211. The number of pyridine rings is 1. The quantitative estimate of drug-likeness (QED) is 0.648. The average molecular weight is 381 g/mol. The third-order valence-electron chi connectivity index (χ3n) is 4.14. The molecule has 28 heavy (non-hydrogen) atoms. The summed E-state index contributed by atoms with van der Waals surface area (Å²) in [4.78, 5) is 53.0. The van der Waals surface area contributed by atoms with Crippen LogP contribution in [0.3, 0.4) is 0 Å². The molecule has 1 aromatic carbocycles. The summed E-state index contributed by atoms with van der Waals surface area (Å²) in [6.07, 6.45) is 2.82. The Labute approximate surface area is 161 Å². The summed E-state index contributed by atoms with van der Waals surface area (Å²) < 4.78 is 0. The van der Waals surface area contributed by atoms with Crippen LogP contribution in [-0.4, -0.2) is 41.7 Å². The van der Waals surface area contributed by atoms with Crippen LogP contribution in [0.4, 0.5) is 5.69 Å². The number of hydrogen-bond acceptors (Lipinski definition) is 5. The zero-order valence-electron chi connectivity index (χ0n) is 15.0. The zero-order valence-corrected chi connectivity index (χ0v) is 15.0. The van der Waals surface area contributed by atoms with Crippen molar-refractivity contribution in [3.63, 3.8) is 0 Å². The first-order chi connectivity index (χ1) is 13.5. The highest BCUT2D eigenvalue weighted by Gasteiger charge is 2.21. The molecule has 0 aliphatic carbocycles. The van der Waals surface area contributed by atoms with Crippen LogP contribution >= 0.6 is 0 Å². The van der Waals surface area contributed by atoms with E-state index in [2.05, 4.69) is 21.2 Å². The second kappa shape index (κ2) is 8.76. The molecule has 0 unspecified atom stereocenters. The third-order valence-corrected chi connectivity index (χ3v) is 4.14. The Hall–Kier alpha value is -3.75. The van der Waals surface area contributed by atoms with Crippen molar-refractivity contribution < 1.29 is 19.2 Å². The van der Waals surface area contributed by atoms with Crippen molar-refractivity contribution in [1.29, 1.82) is 0 Å². The Morgan fingerprint density at radius 2 is 1.79 bits per heavy atom. The van der Waals surface area contributed by atoms with Crippen molar-refractivity contribution in [2.75, 3.05) is 18.0 Å². The van der Waals surface area contributed by atoms with Crippen LogP contribution in [0.15, 0.2) is 48.7 Å². The molecule has 0 radical (unpaired) electrons. The molecule has 1 aliphatic heterocycles. The standard InChI is InChI=1S/C19H19N5O4/c25-16(22-23-19(28)15-4-1-2-10-20-15)12-21-18(27)13-6-8-14(9-7-13)24-11-3-5-17(24)26/h1-2,4,6-10H,3,5,11-12H2,(H,21,27)(H,22,25)(H,23,28). The maximum Gasteiger partial charge on any atom is 0.288 e. The molecular formula is C19H19N5O4. The summed E-state index contributed by atoms with van der Waals surface area (Å²) in [6, 6.07) is 11.4. The monoisotopic (exact) mass is 381 g/mol. The molecule has 9 nitrogen and oxygen atoms in total. The fourth-order valence-electron chi connectivity index (χ4n) is 2.71. The van der Waals surface area contributed by atoms with Gasteiger partial charge in [-0.1, -0.05) is 6.07 Å². The summed E-state index contributed by atoms with van der Waals surface area (Å²) >= 11 is 0. The Balaban J connectivity index is 1.45. The van der Waals surface area contributed by atoms with Gasteiger partial charge in [-0.05, 0) is 42.8 Å². The highest BCUT2D eigenvalue weighted by atomic mass is 16.2. The van der Waals surface area contributed by atoms with Gasteiger partial charge in [-0.25, -0.2) is 0 Å². The molecule has 4 amide bonds. The van der Waals surface area contributed by atoms with Gasteiger partial charge in [-0.15, -0.1) is 0 Å². The zero-order chi connectivity index (χ0) is 19.9. The van der Waals surface area contributed by atoms with Gasteiger partial charge in [0.05, 0.1) is 6.54 Å². The van der Waals surface area contributed by atoms with Crippen LogP contribution < -0.4 is 21.1 Å². The van der Waals surface area contributed by atoms with Gasteiger partial charge in [0.15, 0.2) is 0 Å². The van der Waals surface area contributed by atoms with E-state index in [4.69, 9.17) is 0 Å². The van der Waals surface area contributed by atoms with Gasteiger partial charge < -0.3 is 10.2 Å². The van der Waals surface area contributed by atoms with E-state index in [0.29, 0.717) is 18.5 Å². The van der Waals surface area contributed by atoms with Crippen LogP contribution in [0.25, 0.3) is 0 Å². The van der Waals surface area contributed by atoms with E-state index in [1.165, 1.54) is 12.3 Å². The maximum atomic E-state index is 12.1. The normalized spacial score (nSPS) is 13.1. The van der Waals surface area contributed by atoms with E-state index in [1.807, 2.05) is 0 Å². The van der Waals surface area contributed by atoms with Gasteiger partial charge in [0, 0.05) is 30.4 Å². The average Bonchev–Trinajstić information content (AvgIpc) is 3.16. The molecule has 9 heteroatoms. The first-order valence-corrected chi connectivity index (χ1v) is 8.73. The van der Waals surface area contributed by atoms with Gasteiger partial charge >= 0.3 is 0 Å². The number of amides is 4. The second-order valence-electron chi connectivity index (χ2n) is 6.10. The second-order valence-corrected chi connectivity index (χ2v) is 6.10. The summed E-state index contributed by atoms with van der Waals surface area (Å²) in [5.74, 6) is -1.52. The van der Waals surface area contributed by atoms with E-state index in [1.54, 1.807) is 41.3 Å². The molecular weight excluding hydrogens is 362 g/mol. The topological polar surface area (TPSA) is 121 Å². The molecule has 3 rings (SSSR count). The minimum Gasteiger partial charge on any atom is -0.343 e. The van der Waals surface area contributed by atoms with E-state index in [9.17, 15) is 19.2 Å². The summed E-state index contributed by atoms with van der Waals surface area (Å²) in [5, 5.41) is 2.46. The van der Waals surface area contributed by atoms with E-state index >= 15 is 0 Å². The third kappa shape index (κ3) is 4.70. The predicted molar refractivity (Wildman–Crippen MR) is 100 cm³/mol. The molecule has 1 fully saturated rings. The van der Waals surface area contributed by atoms with Crippen molar-refractivity contribution in [3.05, 3.63) is 59.9 Å². The van der Waals surface area contributed by atoms with Crippen molar-refractivity contribution in [1.82, 2.24) is 21.2 Å². The molecule has 0 bridgehead atoms. The van der Waals surface area contributed by atoms with E-state index < -0.39 is 17.7 Å². The van der Waals surface area contributed by atoms with E-state index in [-0.39, 0.29) is 18.1 Å². The number of aromatic nitrogens is 1. The smallest absolute Gasteiger partial charge is 0.288 e. The first-order valence-electron chi connectivity index (χ1n) is 8.73. The first kappa shape index (κ1) is 19.0. The van der Waals surface area contributed by atoms with Crippen molar-refractivity contribution in [2.24, 2.45) is 0 Å². The Morgan fingerprint density at radius 1 is 1.00 bits per heavy atom. The van der Waals surface area contributed by atoms with Crippen LogP contribution in [0, 0.1) is 0 Å². The SMILES string of the molecule is O=C(CNC(=O)c1ccc(N2CCCC2=O)cc1)NNC(=O)c1ccccn1. The lowest BCUT2D eigenvalue weighted by molar-refractivity contribution is -0.121. The van der Waals surface area contributed by atoms with Crippen LogP contribution in [0.1, 0.15) is 33.7 Å². The number of nitrogens with one attached hydrogen (secondary N) is 3. The van der Waals surface area contributed by atoms with Gasteiger partial charge in [0.2, 0.25) is 5.91 Å².